The number of nitro groups is 1. The van der Waals surface area contributed by atoms with Crippen LogP contribution >= 0.6 is 0 Å². The van der Waals surface area contributed by atoms with Gasteiger partial charge in [0.2, 0.25) is 0 Å². The molecule has 2 atom stereocenters. The number of piperazine rings is 1. The van der Waals surface area contributed by atoms with Crippen molar-refractivity contribution in [3.8, 4) is 0 Å². The number of nitrogens with zero attached hydrogens (tertiary/aromatic N) is 3. The molecule has 7 heteroatoms. The van der Waals surface area contributed by atoms with Gasteiger partial charge in [0.05, 0.1) is 11.1 Å². The van der Waals surface area contributed by atoms with Gasteiger partial charge in [-0.1, -0.05) is 0 Å². The van der Waals surface area contributed by atoms with Crippen molar-refractivity contribution in [1.82, 2.24) is 14.8 Å². The molecule has 1 aromatic heterocycles. The zero-order valence-electron chi connectivity index (χ0n) is 12.3. The second-order valence-electron chi connectivity index (χ2n) is 6.16. The average Bonchev–Trinajstić information content (AvgIpc) is 3.15. The zero-order valence-corrected chi connectivity index (χ0v) is 12.3. The molecule has 1 aliphatic heterocycles. The molecule has 2 fully saturated rings. The predicted molar refractivity (Wildman–Crippen MR) is 77.3 cm³/mol. The van der Waals surface area contributed by atoms with Gasteiger partial charge in [0.25, 0.3) is 11.6 Å². The van der Waals surface area contributed by atoms with Crippen LogP contribution in [0.15, 0.2) is 12.3 Å². The van der Waals surface area contributed by atoms with Gasteiger partial charge in [-0.05, 0) is 26.7 Å². The van der Waals surface area contributed by atoms with E-state index in [0.717, 1.165) is 12.8 Å². The first-order valence-electron chi connectivity index (χ1n) is 7.37. The highest BCUT2D eigenvalue weighted by Crippen LogP contribution is 2.38. The normalized spacial score (nSPS) is 25.9. The molecule has 2 heterocycles. The Kier molecular flexibility index (Phi) is 3.44. The Labute approximate surface area is 123 Å². The Hall–Kier alpha value is -1.89. The molecule has 1 saturated heterocycles. The summed E-state index contributed by atoms with van der Waals surface area (Å²) in [6.07, 6.45) is 3.47. The molecular weight excluding hydrogens is 272 g/mol. The highest BCUT2D eigenvalue weighted by Gasteiger charge is 2.33. The van der Waals surface area contributed by atoms with E-state index in [-0.39, 0.29) is 29.7 Å². The molecule has 2 aliphatic rings. The average molecular weight is 292 g/mol. The minimum absolute atomic E-state index is 0.00137. The number of hydrogen-bond donors (Lipinski definition) is 1. The molecule has 1 saturated carbocycles. The molecule has 0 spiro atoms. The zero-order chi connectivity index (χ0) is 15.1. The summed E-state index contributed by atoms with van der Waals surface area (Å²) in [6.45, 7) is 5.34. The molecule has 1 aromatic rings. The van der Waals surface area contributed by atoms with Crippen LogP contribution in [0, 0.1) is 10.1 Å². The summed E-state index contributed by atoms with van der Waals surface area (Å²) in [5, 5.41) is 14.3. The lowest BCUT2D eigenvalue weighted by Crippen LogP contribution is -2.56. The van der Waals surface area contributed by atoms with E-state index in [4.69, 9.17) is 0 Å². The van der Waals surface area contributed by atoms with Crippen molar-refractivity contribution in [2.24, 2.45) is 0 Å². The topological polar surface area (TPSA) is 80.4 Å². The van der Waals surface area contributed by atoms with E-state index in [9.17, 15) is 14.9 Å². The number of rotatable bonds is 3. The molecule has 1 N–H and O–H groups in total. The van der Waals surface area contributed by atoms with E-state index in [1.165, 1.54) is 12.3 Å². The van der Waals surface area contributed by atoms with Crippen LogP contribution in [-0.4, -0.2) is 45.5 Å². The van der Waals surface area contributed by atoms with Gasteiger partial charge in [-0.2, -0.15) is 0 Å². The van der Waals surface area contributed by atoms with Gasteiger partial charge >= 0.3 is 0 Å². The van der Waals surface area contributed by atoms with Crippen molar-refractivity contribution in [2.75, 3.05) is 13.1 Å². The molecule has 21 heavy (non-hydrogen) atoms. The Morgan fingerprint density at radius 3 is 2.48 bits per heavy atom. The van der Waals surface area contributed by atoms with Gasteiger partial charge in [0.15, 0.2) is 0 Å². The second-order valence-corrected chi connectivity index (χ2v) is 6.16. The smallest absolute Gasteiger partial charge is 0.287 e. The van der Waals surface area contributed by atoms with Crippen LogP contribution < -0.4 is 5.32 Å². The van der Waals surface area contributed by atoms with Crippen LogP contribution in [0.5, 0.6) is 0 Å². The maximum absolute atomic E-state index is 12.7. The van der Waals surface area contributed by atoms with Crippen LogP contribution in [0.2, 0.25) is 0 Å². The Morgan fingerprint density at radius 1 is 1.33 bits per heavy atom. The molecule has 1 amide bonds. The van der Waals surface area contributed by atoms with Gasteiger partial charge in [0, 0.05) is 37.3 Å². The van der Waals surface area contributed by atoms with E-state index in [1.54, 1.807) is 9.47 Å². The highest BCUT2D eigenvalue weighted by atomic mass is 16.6. The molecule has 0 radical (unpaired) electrons. The van der Waals surface area contributed by atoms with Crippen molar-refractivity contribution < 1.29 is 9.72 Å². The number of nitrogens with one attached hydrogen (secondary N) is 1. The molecule has 114 valence electrons. The van der Waals surface area contributed by atoms with Crippen molar-refractivity contribution >= 4 is 11.6 Å². The molecule has 2 unspecified atom stereocenters. The van der Waals surface area contributed by atoms with Gasteiger partial charge < -0.3 is 14.8 Å². The SMILES string of the molecule is CC1CN(C(=O)c2cc([N+](=O)[O-])cn2C2CC2)CC(C)N1. The van der Waals surface area contributed by atoms with Crippen molar-refractivity contribution in [3.63, 3.8) is 0 Å². The van der Waals surface area contributed by atoms with Gasteiger partial charge in [-0.3, -0.25) is 14.9 Å². The lowest BCUT2D eigenvalue weighted by atomic mass is 10.1. The summed E-state index contributed by atoms with van der Waals surface area (Å²) in [6, 6.07) is 2.13. The van der Waals surface area contributed by atoms with E-state index in [2.05, 4.69) is 5.32 Å². The minimum Gasteiger partial charge on any atom is -0.334 e. The summed E-state index contributed by atoms with van der Waals surface area (Å²) < 4.78 is 1.79. The van der Waals surface area contributed by atoms with Gasteiger partial charge in [-0.25, -0.2) is 0 Å². The molecule has 0 aromatic carbocycles. The molecule has 3 rings (SSSR count). The van der Waals surface area contributed by atoms with Crippen LogP contribution in [0.3, 0.4) is 0 Å². The maximum Gasteiger partial charge on any atom is 0.287 e. The summed E-state index contributed by atoms with van der Waals surface area (Å²) in [5.74, 6) is -0.102. The molecular formula is C14H20N4O3. The van der Waals surface area contributed by atoms with Crippen molar-refractivity contribution in [2.45, 2.75) is 44.8 Å². The largest absolute Gasteiger partial charge is 0.334 e. The third-order valence-electron chi connectivity index (χ3n) is 4.05. The number of hydrogen-bond acceptors (Lipinski definition) is 4. The first-order chi connectivity index (χ1) is 9.95. The van der Waals surface area contributed by atoms with E-state index in [1.807, 2.05) is 13.8 Å². The lowest BCUT2D eigenvalue weighted by molar-refractivity contribution is -0.384. The number of carbonyl (C=O) groups is 1. The van der Waals surface area contributed by atoms with Crippen molar-refractivity contribution in [3.05, 3.63) is 28.1 Å². The first kappa shape index (κ1) is 14.1. The number of carbonyl (C=O) groups excluding carboxylic acids is 1. The third kappa shape index (κ3) is 2.78. The fourth-order valence-electron chi connectivity index (χ4n) is 3.05. The van der Waals surface area contributed by atoms with Crippen LogP contribution in [0.25, 0.3) is 0 Å². The maximum atomic E-state index is 12.7. The minimum atomic E-state index is -0.432. The van der Waals surface area contributed by atoms with Crippen molar-refractivity contribution in [1.29, 1.82) is 0 Å². The second kappa shape index (κ2) is 5.14. The predicted octanol–water partition coefficient (Wildman–Crippen LogP) is 1.55. The first-order valence-corrected chi connectivity index (χ1v) is 7.37. The molecule has 7 nitrogen and oxygen atoms in total. The van der Waals surface area contributed by atoms with E-state index >= 15 is 0 Å². The van der Waals surface area contributed by atoms with E-state index < -0.39 is 4.92 Å². The highest BCUT2D eigenvalue weighted by molar-refractivity contribution is 5.93. The Balaban J connectivity index is 1.88. The lowest BCUT2D eigenvalue weighted by Gasteiger charge is -2.36. The van der Waals surface area contributed by atoms with Crippen LogP contribution in [-0.2, 0) is 0 Å². The molecule has 0 bridgehead atoms. The third-order valence-corrected chi connectivity index (χ3v) is 4.05. The van der Waals surface area contributed by atoms with Gasteiger partial charge in [0.1, 0.15) is 5.69 Å². The molecule has 1 aliphatic carbocycles. The summed E-state index contributed by atoms with van der Waals surface area (Å²) in [5.41, 5.74) is 0.451. The van der Waals surface area contributed by atoms with Crippen LogP contribution in [0.1, 0.15) is 43.2 Å². The number of aromatic nitrogens is 1. The fraction of sp³-hybridized carbons (Fsp3) is 0.643. The Morgan fingerprint density at radius 2 is 1.95 bits per heavy atom. The van der Waals surface area contributed by atoms with Gasteiger partial charge in [-0.15, -0.1) is 0 Å². The summed E-state index contributed by atoms with van der Waals surface area (Å²) >= 11 is 0. The summed E-state index contributed by atoms with van der Waals surface area (Å²) in [4.78, 5) is 25.1. The standard InChI is InChI=1S/C14H20N4O3/c1-9-6-16(7-10(2)15-9)14(19)13-5-12(18(20)21)8-17(13)11-3-4-11/h5,8-11,15H,3-4,6-7H2,1-2H3. The monoisotopic (exact) mass is 292 g/mol. The summed E-state index contributed by atoms with van der Waals surface area (Å²) in [7, 11) is 0. The Bertz CT molecular complexity index is 569. The van der Waals surface area contributed by atoms with Crippen LogP contribution in [0.4, 0.5) is 5.69 Å². The fourth-order valence-corrected chi connectivity index (χ4v) is 3.05. The number of amides is 1. The van der Waals surface area contributed by atoms with E-state index in [0.29, 0.717) is 18.8 Å². The quantitative estimate of drug-likeness (QED) is 0.677.